The predicted octanol–water partition coefficient (Wildman–Crippen LogP) is 2.97. The van der Waals surface area contributed by atoms with Crippen molar-refractivity contribution >= 4 is 33.1 Å². The molecule has 8 nitrogen and oxygen atoms in total. The Morgan fingerprint density at radius 3 is 2.74 bits per heavy atom. The zero-order chi connectivity index (χ0) is 22.0. The summed E-state index contributed by atoms with van der Waals surface area (Å²) in [7, 11) is -2.48. The average Bonchev–Trinajstić information content (AvgIpc) is 2.76. The summed E-state index contributed by atoms with van der Waals surface area (Å²) >= 11 is 0. The van der Waals surface area contributed by atoms with Gasteiger partial charge < -0.3 is 15.0 Å². The molecule has 0 atom stereocenters. The number of carbonyl (C=O) groups excluding carboxylic acids is 1. The lowest BCUT2D eigenvalue weighted by atomic mass is 10.2. The van der Waals surface area contributed by atoms with Crippen molar-refractivity contribution in [2.45, 2.75) is 4.90 Å². The normalized spacial score (nSPS) is 15.2. The smallest absolute Gasteiger partial charge is 0.248 e. The van der Waals surface area contributed by atoms with Crippen molar-refractivity contribution in [3.05, 3.63) is 72.7 Å². The van der Waals surface area contributed by atoms with Crippen LogP contribution >= 0.6 is 0 Å². The van der Waals surface area contributed by atoms with E-state index in [2.05, 4.69) is 10.3 Å². The molecule has 0 aliphatic carbocycles. The number of halogens is 1. The first kappa shape index (κ1) is 20.8. The molecule has 4 rings (SSSR count). The third-order valence-corrected chi connectivity index (χ3v) is 6.52. The Balaban J connectivity index is 1.64. The van der Waals surface area contributed by atoms with Crippen molar-refractivity contribution in [3.8, 4) is 5.75 Å². The van der Waals surface area contributed by atoms with Crippen molar-refractivity contribution in [2.75, 3.05) is 30.5 Å². The van der Waals surface area contributed by atoms with Crippen LogP contribution in [0.3, 0.4) is 0 Å². The van der Waals surface area contributed by atoms with E-state index in [4.69, 9.17) is 4.74 Å². The number of pyridine rings is 1. The molecule has 1 aromatic heterocycles. The first-order chi connectivity index (χ1) is 14.9. The number of ether oxygens (including phenoxy) is 1. The number of benzene rings is 2. The molecule has 1 aliphatic heterocycles. The number of carbonyl (C=O) groups is 1. The Bertz CT molecular complexity index is 1240. The van der Waals surface area contributed by atoms with Crippen molar-refractivity contribution in [3.63, 3.8) is 0 Å². The third-order valence-electron chi connectivity index (χ3n) is 4.72. The van der Waals surface area contributed by atoms with Gasteiger partial charge in [0, 0.05) is 23.6 Å². The molecule has 10 heteroatoms. The van der Waals surface area contributed by atoms with Crippen LogP contribution < -0.4 is 15.0 Å². The van der Waals surface area contributed by atoms with Crippen LogP contribution in [0.25, 0.3) is 0 Å². The van der Waals surface area contributed by atoms with E-state index in [1.165, 1.54) is 43.6 Å². The molecule has 3 aromatic rings. The summed E-state index contributed by atoms with van der Waals surface area (Å²) in [6, 6.07) is 15.4. The van der Waals surface area contributed by atoms with Gasteiger partial charge in [0.1, 0.15) is 16.5 Å². The second kappa shape index (κ2) is 8.32. The number of methoxy groups -OCH3 is 1. The Kier molecular flexibility index (Phi) is 5.57. The summed E-state index contributed by atoms with van der Waals surface area (Å²) in [4.78, 5) is 18.3. The van der Waals surface area contributed by atoms with Crippen molar-refractivity contribution < 1.29 is 22.3 Å². The standard InChI is InChI=1S/C21H19FN4O4S/c1-30-18-8-3-6-16(12-18)24-20(27)13-25-14-26(17-7-2-5-15(22)11-17)21-19(31(25,28)29)9-4-10-23-21/h2-12H,13-14H2,1H3,(H,24,27). The van der Waals surface area contributed by atoms with Gasteiger partial charge in [-0.2, -0.15) is 4.31 Å². The van der Waals surface area contributed by atoms with Crippen LogP contribution in [0.15, 0.2) is 71.8 Å². The molecule has 0 fully saturated rings. The third kappa shape index (κ3) is 4.21. The van der Waals surface area contributed by atoms with Gasteiger partial charge in [0.05, 0.1) is 20.3 Å². The van der Waals surface area contributed by atoms with Crippen molar-refractivity contribution in [1.29, 1.82) is 0 Å². The van der Waals surface area contributed by atoms with Gasteiger partial charge in [-0.15, -0.1) is 0 Å². The van der Waals surface area contributed by atoms with Gasteiger partial charge in [-0.25, -0.2) is 17.8 Å². The molecule has 1 N–H and O–H groups in total. The van der Waals surface area contributed by atoms with Crippen LogP contribution in [-0.2, 0) is 14.8 Å². The summed E-state index contributed by atoms with van der Waals surface area (Å²) in [6.07, 6.45) is 1.46. The molecule has 1 aliphatic rings. The number of nitrogens with zero attached hydrogens (tertiary/aromatic N) is 3. The van der Waals surface area contributed by atoms with Gasteiger partial charge in [0.2, 0.25) is 15.9 Å². The maximum absolute atomic E-state index is 13.8. The van der Waals surface area contributed by atoms with Crippen LogP contribution in [0.1, 0.15) is 0 Å². The van der Waals surface area contributed by atoms with Gasteiger partial charge in [-0.1, -0.05) is 12.1 Å². The molecule has 0 spiro atoms. The van der Waals surface area contributed by atoms with E-state index in [1.54, 1.807) is 35.2 Å². The van der Waals surface area contributed by atoms with Crippen LogP contribution in [0.4, 0.5) is 21.6 Å². The molecule has 160 valence electrons. The van der Waals surface area contributed by atoms with E-state index in [1.807, 2.05) is 0 Å². The summed E-state index contributed by atoms with van der Waals surface area (Å²) in [5, 5.41) is 2.67. The Hall–Kier alpha value is -3.50. The number of sulfonamides is 1. The quantitative estimate of drug-likeness (QED) is 0.653. The van der Waals surface area contributed by atoms with Gasteiger partial charge >= 0.3 is 0 Å². The van der Waals surface area contributed by atoms with Crippen molar-refractivity contribution in [2.24, 2.45) is 0 Å². The highest BCUT2D eigenvalue weighted by Crippen LogP contribution is 2.36. The van der Waals surface area contributed by atoms with E-state index in [0.717, 1.165) is 4.31 Å². The number of aromatic nitrogens is 1. The average molecular weight is 442 g/mol. The zero-order valence-electron chi connectivity index (χ0n) is 16.5. The first-order valence-electron chi connectivity index (χ1n) is 9.30. The number of hydrogen-bond donors (Lipinski definition) is 1. The van der Waals surface area contributed by atoms with Gasteiger partial charge in [-0.3, -0.25) is 4.79 Å². The number of fused-ring (bicyclic) bond motifs is 1. The highest BCUT2D eigenvalue weighted by Gasteiger charge is 2.38. The predicted molar refractivity (Wildman–Crippen MR) is 113 cm³/mol. The molecule has 2 heterocycles. The van der Waals surface area contributed by atoms with Gasteiger partial charge in [-0.05, 0) is 42.5 Å². The fourth-order valence-electron chi connectivity index (χ4n) is 3.27. The second-order valence-electron chi connectivity index (χ2n) is 6.77. The SMILES string of the molecule is COc1cccc(NC(=O)CN2CN(c3cccc(F)c3)c3ncccc3S2(=O)=O)c1. The van der Waals surface area contributed by atoms with E-state index in [0.29, 0.717) is 17.1 Å². The molecule has 0 saturated carbocycles. The van der Waals surface area contributed by atoms with Crippen LogP contribution in [0.2, 0.25) is 0 Å². The Morgan fingerprint density at radius 2 is 1.97 bits per heavy atom. The van der Waals surface area contributed by atoms with Gasteiger partial charge in [0.15, 0.2) is 5.82 Å². The molecule has 0 unspecified atom stereocenters. The molecule has 2 aromatic carbocycles. The zero-order valence-corrected chi connectivity index (χ0v) is 17.3. The molecular weight excluding hydrogens is 423 g/mol. The Morgan fingerprint density at radius 1 is 1.16 bits per heavy atom. The largest absolute Gasteiger partial charge is 0.497 e. The minimum absolute atomic E-state index is 0.0558. The highest BCUT2D eigenvalue weighted by molar-refractivity contribution is 7.89. The molecule has 0 bridgehead atoms. The number of rotatable bonds is 5. The Labute approximate surface area is 178 Å². The highest BCUT2D eigenvalue weighted by atomic mass is 32.2. The molecule has 1 amide bonds. The topological polar surface area (TPSA) is 91.8 Å². The summed E-state index contributed by atoms with van der Waals surface area (Å²) in [5.74, 6) is -0.257. The fraction of sp³-hybridized carbons (Fsp3) is 0.143. The number of hydrogen-bond acceptors (Lipinski definition) is 6. The van der Waals surface area contributed by atoms with Crippen LogP contribution in [-0.4, -0.2) is 43.9 Å². The molecule has 0 saturated heterocycles. The second-order valence-corrected chi connectivity index (χ2v) is 8.68. The van der Waals surface area contributed by atoms with E-state index < -0.39 is 28.3 Å². The minimum Gasteiger partial charge on any atom is -0.497 e. The minimum atomic E-state index is -3.98. The van der Waals surface area contributed by atoms with E-state index >= 15 is 0 Å². The van der Waals surface area contributed by atoms with Gasteiger partial charge in [0.25, 0.3) is 0 Å². The summed E-state index contributed by atoms with van der Waals surface area (Å²) in [5.41, 5.74) is 0.899. The molecule has 0 radical (unpaired) electrons. The lowest BCUT2D eigenvalue weighted by Gasteiger charge is -2.36. The van der Waals surface area contributed by atoms with E-state index in [-0.39, 0.29) is 17.4 Å². The molecule has 31 heavy (non-hydrogen) atoms. The number of amides is 1. The number of anilines is 3. The lowest BCUT2D eigenvalue weighted by Crippen LogP contribution is -2.47. The maximum atomic E-state index is 13.8. The lowest BCUT2D eigenvalue weighted by molar-refractivity contribution is -0.116. The molecular formula is C21H19FN4O4S. The fourth-order valence-corrected chi connectivity index (χ4v) is 4.75. The maximum Gasteiger partial charge on any atom is 0.248 e. The summed E-state index contributed by atoms with van der Waals surface area (Å²) < 4.78 is 46.2. The van der Waals surface area contributed by atoms with E-state index in [9.17, 15) is 17.6 Å². The van der Waals surface area contributed by atoms with Crippen molar-refractivity contribution in [1.82, 2.24) is 9.29 Å². The summed E-state index contributed by atoms with van der Waals surface area (Å²) in [6.45, 7) is -0.624. The monoisotopic (exact) mass is 442 g/mol. The van der Waals surface area contributed by atoms with Crippen LogP contribution in [0.5, 0.6) is 5.75 Å². The number of nitrogens with one attached hydrogen (secondary N) is 1. The van der Waals surface area contributed by atoms with Crippen LogP contribution in [0, 0.1) is 5.82 Å². The first-order valence-corrected chi connectivity index (χ1v) is 10.7.